The molecule has 5 heteroatoms. The Kier molecular flexibility index (Phi) is 6.44. The molecule has 0 saturated heterocycles. The highest BCUT2D eigenvalue weighted by atomic mass is 32.1. The summed E-state index contributed by atoms with van der Waals surface area (Å²) in [6.45, 7) is 6.90. The molecule has 0 aliphatic rings. The third kappa shape index (κ3) is 4.60. The van der Waals surface area contributed by atoms with Gasteiger partial charge < -0.3 is 10.4 Å². The van der Waals surface area contributed by atoms with E-state index in [1.54, 1.807) is 0 Å². The van der Waals surface area contributed by atoms with Crippen molar-refractivity contribution in [3.63, 3.8) is 0 Å². The molecule has 0 bridgehead atoms. The Balaban J connectivity index is 2.38. The van der Waals surface area contributed by atoms with Crippen molar-refractivity contribution < 1.29 is 5.11 Å². The summed E-state index contributed by atoms with van der Waals surface area (Å²) in [4.78, 5) is 4.37. The van der Waals surface area contributed by atoms with E-state index >= 15 is 0 Å². The molecule has 1 rings (SSSR count). The van der Waals surface area contributed by atoms with Crippen LogP contribution in [-0.2, 0) is 6.42 Å². The minimum absolute atomic E-state index is 0.302. The lowest BCUT2D eigenvalue weighted by Gasteiger charge is -2.19. The summed E-state index contributed by atoms with van der Waals surface area (Å²) in [6, 6.07) is 0. The van der Waals surface area contributed by atoms with Gasteiger partial charge >= 0.3 is 0 Å². The van der Waals surface area contributed by atoms with Crippen LogP contribution >= 0.6 is 11.5 Å². The standard InChI is InChI=1S/C12H23N3OS/c1-4-7-11-14-12(17-15-11)13-8-10(16)9(5-2)6-3/h9-10,16H,4-8H2,1-3H3,(H,13,14,15). The molecule has 0 saturated carbocycles. The minimum atomic E-state index is -0.302. The van der Waals surface area contributed by atoms with Crippen molar-refractivity contribution in [1.29, 1.82) is 0 Å². The maximum atomic E-state index is 9.97. The molecule has 1 atom stereocenters. The molecule has 1 unspecified atom stereocenters. The average Bonchev–Trinajstić information content (AvgIpc) is 2.76. The lowest BCUT2D eigenvalue weighted by Crippen LogP contribution is -2.27. The van der Waals surface area contributed by atoms with Crippen LogP contribution in [0, 0.1) is 5.92 Å². The fourth-order valence-corrected chi connectivity index (χ4v) is 2.46. The van der Waals surface area contributed by atoms with Crippen LogP contribution in [0.25, 0.3) is 0 Å². The maximum Gasteiger partial charge on any atom is 0.202 e. The van der Waals surface area contributed by atoms with E-state index in [1.807, 2.05) is 0 Å². The van der Waals surface area contributed by atoms with Gasteiger partial charge in [0.1, 0.15) is 5.82 Å². The van der Waals surface area contributed by atoms with E-state index in [0.717, 1.165) is 36.6 Å². The molecule has 1 aromatic heterocycles. The van der Waals surface area contributed by atoms with E-state index in [2.05, 4.69) is 35.4 Å². The summed E-state index contributed by atoms with van der Waals surface area (Å²) in [6.07, 6.45) is 3.70. The fourth-order valence-electron chi connectivity index (χ4n) is 1.84. The van der Waals surface area contributed by atoms with Crippen LogP contribution in [0.3, 0.4) is 0 Å². The Hall–Kier alpha value is -0.680. The Morgan fingerprint density at radius 2 is 2.00 bits per heavy atom. The summed E-state index contributed by atoms with van der Waals surface area (Å²) < 4.78 is 4.26. The molecule has 98 valence electrons. The van der Waals surface area contributed by atoms with E-state index in [4.69, 9.17) is 0 Å². The first-order valence-corrected chi connectivity index (χ1v) is 7.23. The SMILES string of the molecule is CCCc1nsc(NCC(O)C(CC)CC)n1. The molecule has 4 nitrogen and oxygen atoms in total. The first-order chi connectivity index (χ1) is 8.21. The van der Waals surface area contributed by atoms with Gasteiger partial charge in [-0.3, -0.25) is 0 Å². The third-order valence-electron chi connectivity index (χ3n) is 3.00. The monoisotopic (exact) mass is 257 g/mol. The van der Waals surface area contributed by atoms with Crippen molar-refractivity contribution in [2.45, 2.75) is 52.6 Å². The van der Waals surface area contributed by atoms with Crippen molar-refractivity contribution >= 4 is 16.7 Å². The fraction of sp³-hybridized carbons (Fsp3) is 0.833. The molecule has 0 aromatic carbocycles. The zero-order valence-corrected chi connectivity index (χ0v) is 11.8. The maximum absolute atomic E-state index is 9.97. The van der Waals surface area contributed by atoms with E-state index in [9.17, 15) is 5.11 Å². The van der Waals surface area contributed by atoms with Crippen LogP contribution in [0.1, 0.15) is 45.9 Å². The smallest absolute Gasteiger partial charge is 0.202 e. The van der Waals surface area contributed by atoms with Gasteiger partial charge in [0.25, 0.3) is 0 Å². The van der Waals surface area contributed by atoms with Crippen LogP contribution in [0.15, 0.2) is 0 Å². The van der Waals surface area contributed by atoms with E-state index in [-0.39, 0.29) is 6.10 Å². The molecular weight excluding hydrogens is 234 g/mol. The molecule has 0 spiro atoms. The molecule has 2 N–H and O–H groups in total. The van der Waals surface area contributed by atoms with E-state index < -0.39 is 0 Å². The van der Waals surface area contributed by atoms with Crippen molar-refractivity contribution in [3.8, 4) is 0 Å². The molecule has 1 aromatic rings. The Morgan fingerprint density at radius 3 is 2.59 bits per heavy atom. The highest BCUT2D eigenvalue weighted by Crippen LogP contribution is 2.16. The highest BCUT2D eigenvalue weighted by molar-refractivity contribution is 7.09. The van der Waals surface area contributed by atoms with Gasteiger partial charge in [-0.15, -0.1) is 0 Å². The zero-order valence-electron chi connectivity index (χ0n) is 10.9. The van der Waals surface area contributed by atoms with Crippen LogP contribution < -0.4 is 5.32 Å². The number of aliphatic hydroxyl groups excluding tert-OH is 1. The first-order valence-electron chi connectivity index (χ1n) is 6.45. The summed E-state index contributed by atoms with van der Waals surface area (Å²) in [5, 5.41) is 14.0. The third-order valence-corrected chi connectivity index (χ3v) is 3.71. The van der Waals surface area contributed by atoms with Crippen molar-refractivity contribution in [3.05, 3.63) is 5.82 Å². The van der Waals surface area contributed by atoms with Gasteiger partial charge in [-0.1, -0.05) is 33.6 Å². The van der Waals surface area contributed by atoms with Crippen molar-refractivity contribution in [2.24, 2.45) is 5.92 Å². The molecule has 0 fully saturated rings. The molecular formula is C12H23N3OS. The molecule has 0 aliphatic heterocycles. The van der Waals surface area contributed by atoms with Crippen LogP contribution in [-0.4, -0.2) is 27.1 Å². The summed E-state index contributed by atoms with van der Waals surface area (Å²) >= 11 is 1.38. The zero-order chi connectivity index (χ0) is 12.7. The summed E-state index contributed by atoms with van der Waals surface area (Å²) in [5.41, 5.74) is 0. The second kappa shape index (κ2) is 7.61. The van der Waals surface area contributed by atoms with Crippen LogP contribution in [0.4, 0.5) is 5.13 Å². The topological polar surface area (TPSA) is 58.0 Å². The van der Waals surface area contributed by atoms with Crippen molar-refractivity contribution in [2.75, 3.05) is 11.9 Å². The number of aromatic nitrogens is 2. The first kappa shape index (κ1) is 14.4. The normalized spacial score (nSPS) is 13.0. The van der Waals surface area contributed by atoms with Gasteiger partial charge in [-0.05, 0) is 12.3 Å². The summed E-state index contributed by atoms with van der Waals surface area (Å²) in [5.74, 6) is 1.27. The largest absolute Gasteiger partial charge is 0.391 e. The van der Waals surface area contributed by atoms with Gasteiger partial charge in [0, 0.05) is 24.5 Å². The second-order valence-corrected chi connectivity index (χ2v) is 5.04. The van der Waals surface area contributed by atoms with Crippen molar-refractivity contribution in [1.82, 2.24) is 9.36 Å². The van der Waals surface area contributed by atoms with E-state index in [0.29, 0.717) is 12.5 Å². The van der Waals surface area contributed by atoms with Gasteiger partial charge in [0.05, 0.1) is 6.10 Å². The number of nitrogens with one attached hydrogen (secondary N) is 1. The predicted octanol–water partition coefficient (Wildman–Crippen LogP) is 2.70. The van der Waals surface area contributed by atoms with Gasteiger partial charge in [0.15, 0.2) is 0 Å². The second-order valence-electron chi connectivity index (χ2n) is 4.29. The number of nitrogens with zero attached hydrogens (tertiary/aromatic N) is 2. The molecule has 0 radical (unpaired) electrons. The van der Waals surface area contributed by atoms with E-state index in [1.165, 1.54) is 11.5 Å². The lowest BCUT2D eigenvalue weighted by molar-refractivity contribution is 0.114. The predicted molar refractivity (Wildman–Crippen MR) is 72.5 cm³/mol. The quantitative estimate of drug-likeness (QED) is 0.752. The Labute approximate surface area is 108 Å². The molecule has 17 heavy (non-hydrogen) atoms. The highest BCUT2D eigenvalue weighted by Gasteiger charge is 2.15. The average molecular weight is 257 g/mol. The molecule has 0 aliphatic carbocycles. The number of anilines is 1. The van der Waals surface area contributed by atoms with Gasteiger partial charge in [-0.2, -0.15) is 4.37 Å². The number of aryl methyl sites for hydroxylation is 1. The summed E-state index contributed by atoms with van der Waals surface area (Å²) in [7, 11) is 0. The number of aliphatic hydroxyl groups is 1. The number of rotatable bonds is 8. The van der Waals surface area contributed by atoms with Crippen LogP contribution in [0.2, 0.25) is 0 Å². The minimum Gasteiger partial charge on any atom is -0.391 e. The Morgan fingerprint density at radius 1 is 1.29 bits per heavy atom. The van der Waals surface area contributed by atoms with Gasteiger partial charge in [-0.25, -0.2) is 4.98 Å². The Bertz CT molecular complexity index is 312. The molecule has 0 amide bonds. The van der Waals surface area contributed by atoms with Crippen LogP contribution in [0.5, 0.6) is 0 Å². The number of hydrogen-bond acceptors (Lipinski definition) is 5. The lowest BCUT2D eigenvalue weighted by atomic mass is 9.97. The number of hydrogen-bond donors (Lipinski definition) is 2. The molecule has 1 heterocycles. The van der Waals surface area contributed by atoms with Gasteiger partial charge in [0.2, 0.25) is 5.13 Å².